The number of aryl methyl sites for hydroxylation is 1. The first-order chi connectivity index (χ1) is 10.8. The molecular formula is C15H12ClFN2O3S. The minimum absolute atomic E-state index is 0.0786. The van der Waals surface area contributed by atoms with Crippen molar-refractivity contribution in [3.63, 3.8) is 0 Å². The van der Waals surface area contributed by atoms with Gasteiger partial charge in [-0.3, -0.25) is 9.52 Å². The normalized spacial score (nSPS) is 14.1. The first kappa shape index (κ1) is 15.8. The summed E-state index contributed by atoms with van der Waals surface area (Å²) in [6, 6.07) is 7.96. The van der Waals surface area contributed by atoms with Gasteiger partial charge in [0.25, 0.3) is 10.0 Å². The van der Waals surface area contributed by atoms with E-state index in [-0.39, 0.29) is 21.5 Å². The highest BCUT2D eigenvalue weighted by atomic mass is 35.5. The number of carbonyl (C=O) groups excluding carboxylic acids is 1. The minimum Gasteiger partial charge on any atom is -0.326 e. The summed E-state index contributed by atoms with van der Waals surface area (Å²) in [6.07, 6.45) is 1.00. The van der Waals surface area contributed by atoms with Crippen molar-refractivity contribution in [1.82, 2.24) is 0 Å². The van der Waals surface area contributed by atoms with Crippen LogP contribution in [0.25, 0.3) is 0 Å². The van der Waals surface area contributed by atoms with Crippen molar-refractivity contribution in [2.45, 2.75) is 17.7 Å². The number of benzene rings is 2. The summed E-state index contributed by atoms with van der Waals surface area (Å²) in [6.45, 7) is 0. The highest BCUT2D eigenvalue weighted by Crippen LogP contribution is 2.29. The Balaban J connectivity index is 1.93. The number of halogens is 2. The van der Waals surface area contributed by atoms with Crippen LogP contribution < -0.4 is 10.0 Å². The second-order valence-electron chi connectivity index (χ2n) is 5.10. The van der Waals surface area contributed by atoms with Crippen LogP contribution in [-0.2, 0) is 21.2 Å². The predicted octanol–water partition coefficient (Wildman–Crippen LogP) is 3.16. The average molecular weight is 355 g/mol. The number of nitrogens with one attached hydrogen (secondary N) is 2. The van der Waals surface area contributed by atoms with Gasteiger partial charge in [0.15, 0.2) is 0 Å². The molecule has 5 nitrogen and oxygen atoms in total. The molecule has 0 fully saturated rings. The van der Waals surface area contributed by atoms with Gasteiger partial charge in [-0.15, -0.1) is 0 Å². The van der Waals surface area contributed by atoms with Crippen LogP contribution in [-0.4, -0.2) is 14.3 Å². The molecule has 0 saturated heterocycles. The van der Waals surface area contributed by atoms with E-state index in [4.69, 9.17) is 11.6 Å². The van der Waals surface area contributed by atoms with Crippen LogP contribution in [0.2, 0.25) is 5.02 Å². The fourth-order valence-electron chi connectivity index (χ4n) is 2.33. The molecule has 0 aliphatic carbocycles. The van der Waals surface area contributed by atoms with Crippen LogP contribution in [0.15, 0.2) is 41.3 Å². The highest BCUT2D eigenvalue weighted by molar-refractivity contribution is 7.92. The van der Waals surface area contributed by atoms with Crippen molar-refractivity contribution >= 4 is 38.9 Å². The molecule has 1 amide bonds. The molecule has 0 atom stereocenters. The summed E-state index contributed by atoms with van der Waals surface area (Å²) in [5, 5.41) is 2.61. The van der Waals surface area contributed by atoms with Gasteiger partial charge in [0, 0.05) is 12.1 Å². The number of carbonyl (C=O) groups is 1. The Labute approximate surface area is 137 Å². The van der Waals surface area contributed by atoms with Gasteiger partial charge in [-0.05, 0) is 42.3 Å². The molecule has 1 aliphatic rings. The molecular weight excluding hydrogens is 343 g/mol. The van der Waals surface area contributed by atoms with Crippen LogP contribution in [0.3, 0.4) is 0 Å². The number of rotatable bonds is 3. The van der Waals surface area contributed by atoms with Gasteiger partial charge in [0.05, 0.1) is 10.7 Å². The largest absolute Gasteiger partial charge is 0.326 e. The number of fused-ring (bicyclic) bond motifs is 1. The van der Waals surface area contributed by atoms with Gasteiger partial charge in [-0.1, -0.05) is 17.7 Å². The van der Waals surface area contributed by atoms with Gasteiger partial charge >= 0.3 is 0 Å². The number of amides is 1. The van der Waals surface area contributed by atoms with E-state index in [1.807, 2.05) is 0 Å². The zero-order valence-electron chi connectivity index (χ0n) is 11.8. The van der Waals surface area contributed by atoms with E-state index in [1.165, 1.54) is 12.1 Å². The molecule has 23 heavy (non-hydrogen) atoms. The lowest BCUT2D eigenvalue weighted by Gasteiger charge is -2.18. The van der Waals surface area contributed by atoms with Crippen LogP contribution >= 0.6 is 11.6 Å². The average Bonchev–Trinajstić information content (AvgIpc) is 2.48. The quantitative estimate of drug-likeness (QED) is 0.889. The molecule has 0 spiro atoms. The monoisotopic (exact) mass is 354 g/mol. The maximum Gasteiger partial charge on any atom is 0.263 e. The zero-order valence-corrected chi connectivity index (χ0v) is 13.3. The van der Waals surface area contributed by atoms with Crippen molar-refractivity contribution in [3.8, 4) is 0 Å². The Hall–Kier alpha value is -2.12. The van der Waals surface area contributed by atoms with E-state index in [1.54, 1.807) is 12.1 Å². The maximum absolute atomic E-state index is 13.3. The lowest BCUT2D eigenvalue weighted by molar-refractivity contribution is -0.116. The summed E-state index contributed by atoms with van der Waals surface area (Å²) >= 11 is 5.84. The van der Waals surface area contributed by atoms with E-state index >= 15 is 0 Å². The van der Waals surface area contributed by atoms with E-state index in [0.717, 1.165) is 17.7 Å². The van der Waals surface area contributed by atoms with Crippen molar-refractivity contribution in [3.05, 3.63) is 52.8 Å². The third-order valence-corrected chi connectivity index (χ3v) is 5.30. The molecule has 0 bridgehead atoms. The molecule has 8 heteroatoms. The van der Waals surface area contributed by atoms with Crippen LogP contribution in [0.4, 0.5) is 15.8 Å². The van der Waals surface area contributed by atoms with E-state index in [0.29, 0.717) is 18.5 Å². The third-order valence-electron chi connectivity index (χ3n) is 3.44. The molecule has 0 saturated carbocycles. The molecule has 2 aromatic rings. The number of anilines is 2. The molecule has 0 aromatic heterocycles. The summed E-state index contributed by atoms with van der Waals surface area (Å²) in [5.74, 6) is -0.821. The molecule has 0 unspecified atom stereocenters. The highest BCUT2D eigenvalue weighted by Gasteiger charge is 2.20. The van der Waals surface area contributed by atoms with Crippen molar-refractivity contribution < 1.29 is 17.6 Å². The molecule has 3 rings (SSSR count). The fraction of sp³-hybridized carbons (Fsp3) is 0.133. The lowest BCUT2D eigenvalue weighted by atomic mass is 10.0. The molecule has 2 aromatic carbocycles. The van der Waals surface area contributed by atoms with Crippen LogP contribution in [0.1, 0.15) is 12.0 Å². The summed E-state index contributed by atoms with van der Waals surface area (Å²) in [4.78, 5) is 11.1. The van der Waals surface area contributed by atoms with Gasteiger partial charge in [-0.2, -0.15) is 0 Å². The Bertz CT molecular complexity index is 900. The molecule has 2 N–H and O–H groups in total. The minimum atomic E-state index is -4.04. The van der Waals surface area contributed by atoms with Crippen molar-refractivity contribution in [2.24, 2.45) is 0 Å². The number of hydrogen-bond acceptors (Lipinski definition) is 3. The van der Waals surface area contributed by atoms with Gasteiger partial charge in [-0.25, -0.2) is 12.8 Å². The Morgan fingerprint density at radius 1 is 1.13 bits per heavy atom. The lowest BCUT2D eigenvalue weighted by Crippen LogP contribution is -2.19. The Morgan fingerprint density at radius 3 is 2.70 bits per heavy atom. The summed E-state index contributed by atoms with van der Waals surface area (Å²) in [7, 11) is -4.04. The topological polar surface area (TPSA) is 75.3 Å². The number of hydrogen-bond donors (Lipinski definition) is 2. The first-order valence-electron chi connectivity index (χ1n) is 6.76. The standard InChI is InChI=1S/C15H12ClFN2O3S/c16-12-5-3-10(17)7-14(12)23(21,22)19-11-4-1-9-2-6-15(20)18-13(9)8-11/h1,3-5,7-8,19H,2,6H2,(H,18,20). The first-order valence-corrected chi connectivity index (χ1v) is 8.62. The second kappa shape index (κ2) is 5.82. The van der Waals surface area contributed by atoms with E-state index < -0.39 is 15.8 Å². The number of sulfonamides is 1. The third kappa shape index (κ3) is 3.30. The molecule has 1 heterocycles. The van der Waals surface area contributed by atoms with Crippen LogP contribution in [0.5, 0.6) is 0 Å². The van der Waals surface area contributed by atoms with Crippen molar-refractivity contribution in [2.75, 3.05) is 10.0 Å². The fourth-order valence-corrected chi connectivity index (χ4v) is 3.89. The maximum atomic E-state index is 13.3. The van der Waals surface area contributed by atoms with Gasteiger partial charge in [0.2, 0.25) is 5.91 Å². The van der Waals surface area contributed by atoms with E-state index in [9.17, 15) is 17.6 Å². The summed E-state index contributed by atoms with van der Waals surface area (Å²) in [5.41, 5.74) is 1.74. The SMILES string of the molecule is O=C1CCc2ccc(NS(=O)(=O)c3cc(F)ccc3Cl)cc2N1. The van der Waals surface area contributed by atoms with E-state index in [2.05, 4.69) is 10.0 Å². The van der Waals surface area contributed by atoms with Crippen LogP contribution in [0, 0.1) is 5.82 Å². The molecule has 120 valence electrons. The van der Waals surface area contributed by atoms with Gasteiger partial charge in [0.1, 0.15) is 10.7 Å². The molecule has 1 aliphatic heterocycles. The smallest absolute Gasteiger partial charge is 0.263 e. The second-order valence-corrected chi connectivity index (χ2v) is 7.16. The zero-order chi connectivity index (χ0) is 16.6. The Kier molecular flexibility index (Phi) is 3.99. The summed E-state index contributed by atoms with van der Waals surface area (Å²) < 4.78 is 40.3. The Morgan fingerprint density at radius 2 is 1.91 bits per heavy atom. The van der Waals surface area contributed by atoms with Gasteiger partial charge < -0.3 is 5.32 Å². The predicted molar refractivity (Wildman–Crippen MR) is 85.6 cm³/mol. The van der Waals surface area contributed by atoms with Crippen molar-refractivity contribution in [1.29, 1.82) is 0 Å². The molecule has 0 radical (unpaired) electrons.